The van der Waals surface area contributed by atoms with Gasteiger partial charge in [0.1, 0.15) is 11.4 Å². The number of carbonyl (C=O) groups is 2. The van der Waals surface area contributed by atoms with E-state index in [0.717, 1.165) is 23.3 Å². The van der Waals surface area contributed by atoms with Gasteiger partial charge in [-0.3, -0.25) is 9.59 Å². The SMILES string of the molecule is CCCOc1ccc(C2=C(N(CC)Cc3ccccc3)C(=O)N(c3cccc(C)c3)C2=O)cc1. The molecule has 0 atom stereocenters. The van der Waals surface area contributed by atoms with Gasteiger partial charge in [0.05, 0.1) is 17.9 Å². The summed E-state index contributed by atoms with van der Waals surface area (Å²) in [6.45, 7) is 7.77. The molecular weight excluding hydrogens is 424 g/mol. The Morgan fingerprint density at radius 3 is 2.24 bits per heavy atom. The number of hydrogen-bond acceptors (Lipinski definition) is 4. The molecule has 1 aliphatic rings. The normalized spacial score (nSPS) is 13.6. The molecule has 174 valence electrons. The topological polar surface area (TPSA) is 49.9 Å². The summed E-state index contributed by atoms with van der Waals surface area (Å²) < 4.78 is 5.71. The molecule has 5 nitrogen and oxygen atoms in total. The fourth-order valence-corrected chi connectivity index (χ4v) is 4.16. The van der Waals surface area contributed by atoms with Crippen LogP contribution in [0.2, 0.25) is 0 Å². The van der Waals surface area contributed by atoms with Gasteiger partial charge in [0.2, 0.25) is 0 Å². The van der Waals surface area contributed by atoms with Gasteiger partial charge >= 0.3 is 0 Å². The first-order valence-electron chi connectivity index (χ1n) is 11.7. The second-order valence-electron chi connectivity index (χ2n) is 8.38. The zero-order valence-electron chi connectivity index (χ0n) is 20.0. The quantitative estimate of drug-likeness (QED) is 0.396. The van der Waals surface area contributed by atoms with Crippen LogP contribution in [-0.2, 0) is 16.1 Å². The number of ether oxygens (including phenoxy) is 1. The molecule has 3 aromatic carbocycles. The average Bonchev–Trinajstić information content (AvgIpc) is 3.12. The lowest BCUT2D eigenvalue weighted by Gasteiger charge is -2.25. The Hall–Kier alpha value is -3.86. The van der Waals surface area contributed by atoms with Crippen molar-refractivity contribution in [3.8, 4) is 5.75 Å². The summed E-state index contributed by atoms with van der Waals surface area (Å²) >= 11 is 0. The highest BCUT2D eigenvalue weighted by Gasteiger charge is 2.42. The van der Waals surface area contributed by atoms with E-state index in [4.69, 9.17) is 4.74 Å². The minimum Gasteiger partial charge on any atom is -0.494 e. The van der Waals surface area contributed by atoms with Crippen molar-refractivity contribution in [2.45, 2.75) is 33.7 Å². The number of nitrogens with zero attached hydrogens (tertiary/aromatic N) is 2. The average molecular weight is 455 g/mol. The Morgan fingerprint density at radius 1 is 0.853 bits per heavy atom. The molecule has 34 heavy (non-hydrogen) atoms. The van der Waals surface area contributed by atoms with E-state index < -0.39 is 0 Å². The number of anilines is 1. The van der Waals surface area contributed by atoms with Gasteiger partial charge in [0.15, 0.2) is 0 Å². The molecule has 0 saturated heterocycles. The number of hydrogen-bond donors (Lipinski definition) is 0. The first-order chi connectivity index (χ1) is 16.5. The van der Waals surface area contributed by atoms with Crippen LogP contribution >= 0.6 is 0 Å². The predicted octanol–water partition coefficient (Wildman–Crippen LogP) is 5.59. The van der Waals surface area contributed by atoms with Crippen LogP contribution in [0.4, 0.5) is 5.69 Å². The zero-order chi connectivity index (χ0) is 24.1. The largest absolute Gasteiger partial charge is 0.494 e. The van der Waals surface area contributed by atoms with Gasteiger partial charge in [-0.1, -0.05) is 61.5 Å². The van der Waals surface area contributed by atoms with Crippen molar-refractivity contribution in [3.05, 3.63) is 101 Å². The van der Waals surface area contributed by atoms with E-state index in [-0.39, 0.29) is 11.8 Å². The van der Waals surface area contributed by atoms with Crippen molar-refractivity contribution in [2.24, 2.45) is 0 Å². The van der Waals surface area contributed by atoms with Crippen LogP contribution in [0.3, 0.4) is 0 Å². The predicted molar refractivity (Wildman–Crippen MR) is 135 cm³/mol. The second-order valence-corrected chi connectivity index (χ2v) is 8.38. The van der Waals surface area contributed by atoms with Crippen molar-refractivity contribution in [1.29, 1.82) is 0 Å². The summed E-state index contributed by atoms with van der Waals surface area (Å²) in [5.41, 5.74) is 4.21. The van der Waals surface area contributed by atoms with Gasteiger partial charge in [-0.15, -0.1) is 0 Å². The fourth-order valence-electron chi connectivity index (χ4n) is 4.16. The summed E-state index contributed by atoms with van der Waals surface area (Å²) in [4.78, 5) is 30.8. The summed E-state index contributed by atoms with van der Waals surface area (Å²) in [5, 5.41) is 0. The molecule has 2 amide bonds. The molecule has 0 saturated carbocycles. The van der Waals surface area contributed by atoms with Crippen LogP contribution in [0.15, 0.2) is 84.6 Å². The highest BCUT2D eigenvalue weighted by Crippen LogP contribution is 2.36. The van der Waals surface area contributed by atoms with Crippen molar-refractivity contribution in [1.82, 2.24) is 4.90 Å². The van der Waals surface area contributed by atoms with Crippen LogP contribution < -0.4 is 9.64 Å². The third-order valence-electron chi connectivity index (χ3n) is 5.85. The molecule has 0 unspecified atom stereocenters. The number of carbonyl (C=O) groups excluding carboxylic acids is 2. The van der Waals surface area contributed by atoms with E-state index in [1.807, 2.05) is 91.5 Å². The fraction of sp³-hybridized carbons (Fsp3) is 0.241. The molecule has 0 fully saturated rings. The van der Waals surface area contributed by atoms with Crippen LogP contribution in [0.5, 0.6) is 5.75 Å². The minimum absolute atomic E-state index is 0.297. The van der Waals surface area contributed by atoms with E-state index >= 15 is 0 Å². The lowest BCUT2D eigenvalue weighted by atomic mass is 10.0. The molecule has 5 heteroatoms. The number of benzene rings is 3. The van der Waals surface area contributed by atoms with Crippen LogP contribution in [-0.4, -0.2) is 29.9 Å². The lowest BCUT2D eigenvalue weighted by Crippen LogP contribution is -2.35. The summed E-state index contributed by atoms with van der Waals surface area (Å²) in [7, 11) is 0. The van der Waals surface area contributed by atoms with E-state index in [0.29, 0.717) is 42.2 Å². The molecular formula is C29H30N2O3. The van der Waals surface area contributed by atoms with Gasteiger partial charge in [0.25, 0.3) is 11.8 Å². The second kappa shape index (κ2) is 10.4. The molecule has 0 aliphatic carbocycles. The number of amides is 2. The lowest BCUT2D eigenvalue weighted by molar-refractivity contribution is -0.120. The monoisotopic (exact) mass is 454 g/mol. The van der Waals surface area contributed by atoms with Crippen molar-refractivity contribution < 1.29 is 14.3 Å². The Labute approximate surface area is 201 Å². The Bertz CT molecular complexity index is 1200. The van der Waals surface area contributed by atoms with Gasteiger partial charge in [-0.05, 0) is 61.2 Å². The number of likely N-dealkylation sites (N-methyl/N-ethyl adjacent to an activating group) is 1. The van der Waals surface area contributed by atoms with E-state index in [2.05, 4.69) is 6.92 Å². The number of rotatable bonds is 9. The Morgan fingerprint density at radius 2 is 1.59 bits per heavy atom. The third-order valence-corrected chi connectivity index (χ3v) is 5.85. The van der Waals surface area contributed by atoms with Gasteiger partial charge < -0.3 is 9.64 Å². The van der Waals surface area contributed by atoms with E-state index in [1.54, 1.807) is 6.07 Å². The Kier molecular flexibility index (Phi) is 7.12. The molecule has 0 spiro atoms. The number of imide groups is 1. The molecule has 0 aromatic heterocycles. The first-order valence-corrected chi connectivity index (χ1v) is 11.7. The van der Waals surface area contributed by atoms with E-state index in [1.165, 1.54) is 4.90 Å². The van der Waals surface area contributed by atoms with Crippen LogP contribution in [0.1, 0.15) is 37.0 Å². The maximum atomic E-state index is 13.8. The van der Waals surface area contributed by atoms with Crippen molar-refractivity contribution in [2.75, 3.05) is 18.1 Å². The smallest absolute Gasteiger partial charge is 0.282 e. The van der Waals surface area contributed by atoms with Gasteiger partial charge in [-0.25, -0.2) is 4.90 Å². The maximum absolute atomic E-state index is 13.8. The Balaban J connectivity index is 1.78. The number of aryl methyl sites for hydroxylation is 1. The molecule has 1 heterocycles. The molecule has 3 aromatic rings. The first kappa shape index (κ1) is 23.3. The van der Waals surface area contributed by atoms with E-state index in [9.17, 15) is 9.59 Å². The highest BCUT2D eigenvalue weighted by molar-refractivity contribution is 6.45. The molecule has 1 aliphatic heterocycles. The third kappa shape index (κ3) is 4.74. The molecule has 0 N–H and O–H groups in total. The minimum atomic E-state index is -0.306. The molecule has 0 radical (unpaired) electrons. The highest BCUT2D eigenvalue weighted by atomic mass is 16.5. The van der Waals surface area contributed by atoms with Crippen molar-refractivity contribution >= 4 is 23.1 Å². The van der Waals surface area contributed by atoms with Crippen LogP contribution in [0.25, 0.3) is 5.57 Å². The zero-order valence-corrected chi connectivity index (χ0v) is 20.0. The summed E-state index contributed by atoms with van der Waals surface area (Å²) in [6, 6.07) is 24.9. The maximum Gasteiger partial charge on any atom is 0.282 e. The van der Waals surface area contributed by atoms with Crippen LogP contribution in [0, 0.1) is 6.92 Å². The molecule has 4 rings (SSSR count). The molecule has 0 bridgehead atoms. The summed E-state index contributed by atoms with van der Waals surface area (Å²) in [5.74, 6) is 0.144. The van der Waals surface area contributed by atoms with Crippen molar-refractivity contribution in [3.63, 3.8) is 0 Å². The van der Waals surface area contributed by atoms with Gasteiger partial charge in [0, 0.05) is 13.1 Å². The van der Waals surface area contributed by atoms with Gasteiger partial charge in [-0.2, -0.15) is 0 Å². The summed E-state index contributed by atoms with van der Waals surface area (Å²) in [6.07, 6.45) is 0.917. The standard InChI is InChI=1S/C29H30N2O3/c1-4-18-34-25-16-14-23(15-17-25)26-27(30(5-2)20-22-11-7-6-8-12-22)29(33)31(28(26)32)24-13-9-10-21(3)19-24/h6-17,19H,4-5,18,20H2,1-3H3.